The fraction of sp³-hybridized carbons (Fsp3) is 0.550. The first-order valence-electron chi connectivity index (χ1n) is 9.41. The molecule has 2 bridgehead atoms. The molecule has 1 saturated carbocycles. The Labute approximate surface area is 153 Å². The number of piperidine rings is 2. The number of carboxylic acids is 1. The average Bonchev–Trinajstić information content (AvgIpc) is 2.66. The molecule has 0 radical (unpaired) electrons. The van der Waals surface area contributed by atoms with Gasteiger partial charge in [0.25, 0.3) is 0 Å². The van der Waals surface area contributed by atoms with Crippen molar-refractivity contribution in [2.45, 2.75) is 57.0 Å². The van der Waals surface area contributed by atoms with Gasteiger partial charge in [-0.25, -0.2) is 0 Å². The number of nitrogens with zero attached hydrogens (tertiary/aromatic N) is 1. The molecule has 26 heavy (non-hydrogen) atoms. The summed E-state index contributed by atoms with van der Waals surface area (Å²) in [4.78, 5) is 38.0. The van der Waals surface area contributed by atoms with Gasteiger partial charge in [-0.05, 0) is 43.6 Å². The summed E-state index contributed by atoms with van der Waals surface area (Å²) in [6, 6.07) is 9.57. The van der Waals surface area contributed by atoms with Gasteiger partial charge in [-0.1, -0.05) is 30.3 Å². The van der Waals surface area contributed by atoms with Crippen LogP contribution >= 0.6 is 0 Å². The predicted octanol–water partition coefficient (Wildman–Crippen LogP) is 1.98. The van der Waals surface area contributed by atoms with E-state index >= 15 is 0 Å². The maximum atomic E-state index is 12.9. The molecule has 140 valence electrons. The summed E-state index contributed by atoms with van der Waals surface area (Å²) in [5.41, 5.74) is 1.12. The Morgan fingerprint density at radius 3 is 2.38 bits per heavy atom. The first-order chi connectivity index (χ1) is 12.6. The van der Waals surface area contributed by atoms with Gasteiger partial charge < -0.3 is 15.3 Å². The molecular formula is C20H26N2O4. The maximum Gasteiger partial charge on any atom is 0.305 e. The molecule has 0 spiro atoms. The number of carbonyl (C=O) groups is 3. The number of aliphatic carboxylic acids is 1. The second-order valence-electron chi connectivity index (χ2n) is 7.23. The van der Waals surface area contributed by atoms with Gasteiger partial charge in [0.2, 0.25) is 11.8 Å². The molecule has 1 aromatic carbocycles. The molecule has 2 saturated heterocycles. The number of rotatable bonds is 7. The van der Waals surface area contributed by atoms with Crippen LogP contribution in [0.25, 0.3) is 0 Å². The van der Waals surface area contributed by atoms with Crippen LogP contribution in [0.5, 0.6) is 0 Å². The number of carboxylic acid groups (broad SMARTS) is 1. The van der Waals surface area contributed by atoms with Crippen LogP contribution < -0.4 is 5.32 Å². The van der Waals surface area contributed by atoms with Crippen molar-refractivity contribution in [2.24, 2.45) is 5.92 Å². The molecule has 0 aromatic heterocycles. The minimum absolute atomic E-state index is 0.0293. The molecular weight excluding hydrogens is 332 g/mol. The number of hydrogen-bond acceptors (Lipinski definition) is 3. The van der Waals surface area contributed by atoms with Crippen molar-refractivity contribution < 1.29 is 19.5 Å². The van der Waals surface area contributed by atoms with Crippen LogP contribution in [0.15, 0.2) is 30.3 Å². The average molecular weight is 358 g/mol. The predicted molar refractivity (Wildman–Crippen MR) is 96.4 cm³/mol. The van der Waals surface area contributed by atoms with E-state index < -0.39 is 12.0 Å². The van der Waals surface area contributed by atoms with Gasteiger partial charge in [0, 0.05) is 19.0 Å². The minimum atomic E-state index is -0.939. The quantitative estimate of drug-likeness (QED) is 0.780. The lowest BCUT2D eigenvalue weighted by Crippen LogP contribution is -2.62. The standard InChI is InChI=1S/C20H26N2O4/c23-17(11-6-14-4-2-1-3-5-14)22-16-9-7-15(8-10-16)19(22)20(26)21-13-12-18(24)25/h1-5,15-16,19H,6-13H2,(H,21,26)(H,24,25). The lowest BCUT2D eigenvalue weighted by atomic mass is 9.74. The fourth-order valence-electron chi connectivity index (χ4n) is 4.27. The Morgan fingerprint density at radius 2 is 1.73 bits per heavy atom. The number of nitrogens with one attached hydrogen (secondary N) is 1. The SMILES string of the molecule is O=C(O)CCNC(=O)C1C2CCC(CC2)N1C(=O)CCc1ccccc1. The smallest absolute Gasteiger partial charge is 0.305 e. The molecule has 3 fully saturated rings. The second-order valence-corrected chi connectivity index (χ2v) is 7.23. The summed E-state index contributed by atoms with van der Waals surface area (Å²) in [6.07, 6.45) is 4.80. The number of amides is 2. The van der Waals surface area contributed by atoms with Crippen molar-refractivity contribution in [3.63, 3.8) is 0 Å². The minimum Gasteiger partial charge on any atom is -0.481 e. The van der Waals surface area contributed by atoms with Crippen LogP contribution in [0.2, 0.25) is 0 Å². The summed E-state index contributed by atoms with van der Waals surface area (Å²) < 4.78 is 0. The van der Waals surface area contributed by atoms with Crippen molar-refractivity contribution in [2.75, 3.05) is 6.54 Å². The van der Waals surface area contributed by atoms with Crippen molar-refractivity contribution >= 4 is 17.8 Å². The summed E-state index contributed by atoms with van der Waals surface area (Å²) in [5.74, 6) is -0.924. The van der Waals surface area contributed by atoms with Gasteiger partial charge in [0.05, 0.1) is 6.42 Å². The Morgan fingerprint density at radius 1 is 1.04 bits per heavy atom. The zero-order valence-corrected chi connectivity index (χ0v) is 14.9. The third kappa shape index (κ3) is 4.23. The van der Waals surface area contributed by atoms with Crippen molar-refractivity contribution in [3.05, 3.63) is 35.9 Å². The zero-order valence-electron chi connectivity index (χ0n) is 14.9. The third-order valence-electron chi connectivity index (χ3n) is 5.55. The summed E-state index contributed by atoms with van der Waals surface area (Å²) in [7, 11) is 0. The highest BCUT2D eigenvalue weighted by atomic mass is 16.4. The van der Waals surface area contributed by atoms with Crippen LogP contribution in [-0.4, -0.2) is 46.4 Å². The number of carbonyl (C=O) groups excluding carboxylic acids is 2. The lowest BCUT2D eigenvalue weighted by Gasteiger charge is -2.50. The number of benzene rings is 1. The lowest BCUT2D eigenvalue weighted by molar-refractivity contribution is -0.153. The monoisotopic (exact) mass is 358 g/mol. The van der Waals surface area contributed by atoms with Gasteiger partial charge in [0.15, 0.2) is 0 Å². The molecule has 2 heterocycles. The highest BCUT2D eigenvalue weighted by Gasteiger charge is 2.47. The molecule has 2 aliphatic heterocycles. The van der Waals surface area contributed by atoms with Crippen LogP contribution in [0.3, 0.4) is 0 Å². The van der Waals surface area contributed by atoms with E-state index in [4.69, 9.17) is 5.11 Å². The fourth-order valence-corrected chi connectivity index (χ4v) is 4.27. The van der Waals surface area contributed by atoms with Crippen molar-refractivity contribution in [1.29, 1.82) is 0 Å². The van der Waals surface area contributed by atoms with Gasteiger partial charge in [-0.2, -0.15) is 0 Å². The third-order valence-corrected chi connectivity index (χ3v) is 5.55. The van der Waals surface area contributed by atoms with Gasteiger partial charge >= 0.3 is 5.97 Å². The van der Waals surface area contributed by atoms with E-state index in [-0.39, 0.29) is 36.7 Å². The van der Waals surface area contributed by atoms with Gasteiger partial charge in [-0.15, -0.1) is 0 Å². The summed E-state index contributed by atoms with van der Waals surface area (Å²) in [5, 5.41) is 11.5. The first kappa shape index (κ1) is 18.4. The molecule has 1 atom stereocenters. The maximum absolute atomic E-state index is 12.9. The van der Waals surface area contributed by atoms with E-state index in [1.807, 2.05) is 30.3 Å². The Bertz CT molecular complexity index is 653. The van der Waals surface area contributed by atoms with E-state index in [9.17, 15) is 14.4 Å². The van der Waals surface area contributed by atoms with E-state index in [1.54, 1.807) is 4.90 Å². The molecule has 1 unspecified atom stereocenters. The highest BCUT2D eigenvalue weighted by Crippen LogP contribution is 2.40. The second kappa shape index (κ2) is 8.34. The normalized spacial score (nSPS) is 24.3. The largest absolute Gasteiger partial charge is 0.481 e. The zero-order chi connectivity index (χ0) is 18.5. The molecule has 2 amide bonds. The van der Waals surface area contributed by atoms with E-state index in [0.29, 0.717) is 12.8 Å². The number of aryl methyl sites for hydroxylation is 1. The molecule has 1 aliphatic carbocycles. The molecule has 6 heteroatoms. The van der Waals surface area contributed by atoms with Crippen molar-refractivity contribution in [1.82, 2.24) is 10.2 Å². The van der Waals surface area contributed by atoms with Crippen LogP contribution in [0.4, 0.5) is 0 Å². The van der Waals surface area contributed by atoms with Gasteiger partial charge in [0.1, 0.15) is 6.04 Å². The van der Waals surface area contributed by atoms with Gasteiger partial charge in [-0.3, -0.25) is 14.4 Å². The summed E-state index contributed by atoms with van der Waals surface area (Å²) >= 11 is 0. The van der Waals surface area contributed by atoms with Crippen LogP contribution in [-0.2, 0) is 20.8 Å². The van der Waals surface area contributed by atoms with E-state index in [0.717, 1.165) is 31.2 Å². The first-order valence-corrected chi connectivity index (χ1v) is 9.41. The van der Waals surface area contributed by atoms with Crippen LogP contribution in [0.1, 0.15) is 44.1 Å². The summed E-state index contributed by atoms with van der Waals surface area (Å²) in [6.45, 7) is 0.105. The molecule has 2 N–H and O–H groups in total. The molecule has 1 aromatic rings. The Balaban J connectivity index is 1.64. The number of fused-ring (bicyclic) bond motifs is 3. The highest BCUT2D eigenvalue weighted by molar-refractivity contribution is 5.89. The molecule has 4 rings (SSSR count). The Kier molecular flexibility index (Phi) is 5.91. The topological polar surface area (TPSA) is 86.7 Å². The van der Waals surface area contributed by atoms with E-state index in [2.05, 4.69) is 5.32 Å². The van der Waals surface area contributed by atoms with Crippen molar-refractivity contribution in [3.8, 4) is 0 Å². The van der Waals surface area contributed by atoms with E-state index in [1.165, 1.54) is 0 Å². The van der Waals surface area contributed by atoms with Crippen LogP contribution in [0, 0.1) is 5.92 Å². The molecule has 3 aliphatic rings. The Hall–Kier alpha value is -2.37. The number of hydrogen-bond donors (Lipinski definition) is 2. The molecule has 6 nitrogen and oxygen atoms in total.